The Morgan fingerprint density at radius 2 is 2.00 bits per heavy atom. The lowest BCUT2D eigenvalue weighted by atomic mass is 9.92. The van der Waals surface area contributed by atoms with Gasteiger partial charge in [0.25, 0.3) is 0 Å². The summed E-state index contributed by atoms with van der Waals surface area (Å²) in [4.78, 5) is 16.5. The van der Waals surface area contributed by atoms with E-state index in [-0.39, 0.29) is 0 Å². The van der Waals surface area contributed by atoms with E-state index in [4.69, 9.17) is 4.52 Å². The van der Waals surface area contributed by atoms with E-state index in [2.05, 4.69) is 15.2 Å². The molecule has 0 N–H and O–H groups in total. The molecule has 0 atom stereocenters. The predicted molar refractivity (Wildman–Crippen MR) is 109 cm³/mol. The normalized spacial score (nSPS) is 15.9. The van der Waals surface area contributed by atoms with Gasteiger partial charge in [0, 0.05) is 43.9 Å². The molecule has 7 nitrogen and oxygen atoms in total. The Hall–Kier alpha value is -2.15. The molecule has 0 bridgehead atoms. The molecule has 1 fully saturated rings. The Kier molecular flexibility index (Phi) is 6.88. The summed E-state index contributed by atoms with van der Waals surface area (Å²) in [6.07, 6.45) is 5.82. The summed E-state index contributed by atoms with van der Waals surface area (Å²) in [5, 5.41) is 8.50. The maximum absolute atomic E-state index is 12.2. The largest absolute Gasteiger partial charge is 0.359 e. The summed E-state index contributed by atoms with van der Waals surface area (Å²) < 4.78 is 7.41. The van der Waals surface area contributed by atoms with Crippen LogP contribution in [0.25, 0.3) is 11.3 Å². The third-order valence-corrected chi connectivity index (χ3v) is 6.04. The molecule has 0 unspecified atom stereocenters. The fourth-order valence-corrected chi connectivity index (χ4v) is 3.98. The third-order valence-electron chi connectivity index (χ3n) is 6.04. The molecule has 28 heavy (non-hydrogen) atoms. The van der Waals surface area contributed by atoms with E-state index in [1.54, 1.807) is 0 Å². The highest BCUT2D eigenvalue weighted by Gasteiger charge is 2.22. The number of carbonyl (C=O) groups excluding carboxylic acids is 1. The molecule has 0 spiro atoms. The van der Waals surface area contributed by atoms with Crippen molar-refractivity contribution >= 4 is 5.91 Å². The summed E-state index contributed by atoms with van der Waals surface area (Å²) in [6, 6.07) is 2.03. The van der Waals surface area contributed by atoms with E-state index in [9.17, 15) is 4.79 Å². The Morgan fingerprint density at radius 3 is 2.61 bits per heavy atom. The lowest BCUT2D eigenvalue weighted by Crippen LogP contribution is -2.34. The van der Waals surface area contributed by atoms with Crippen molar-refractivity contribution in [1.82, 2.24) is 24.7 Å². The summed E-state index contributed by atoms with van der Waals surface area (Å²) in [6.45, 7) is 10.6. The number of carbonyl (C=O) groups is 1. The monoisotopic (exact) mass is 387 g/mol. The number of hydrogen-bond donors (Lipinski definition) is 0. The molecular formula is C21H33N5O2. The quantitative estimate of drug-likeness (QED) is 0.696. The van der Waals surface area contributed by atoms with E-state index in [1.807, 2.05) is 49.7 Å². The molecule has 1 amide bonds. The van der Waals surface area contributed by atoms with E-state index in [0.717, 1.165) is 74.7 Å². The van der Waals surface area contributed by atoms with Crippen molar-refractivity contribution in [2.75, 3.05) is 26.2 Å². The minimum Gasteiger partial charge on any atom is -0.359 e. The van der Waals surface area contributed by atoms with Crippen LogP contribution in [0.2, 0.25) is 0 Å². The van der Waals surface area contributed by atoms with Crippen molar-refractivity contribution in [3.05, 3.63) is 23.7 Å². The maximum Gasteiger partial charge on any atom is 0.222 e. The molecule has 1 aliphatic rings. The van der Waals surface area contributed by atoms with Gasteiger partial charge in [-0.3, -0.25) is 14.4 Å². The molecular weight excluding hydrogens is 354 g/mol. The van der Waals surface area contributed by atoms with Crippen LogP contribution in [-0.2, 0) is 18.4 Å². The van der Waals surface area contributed by atoms with Crippen LogP contribution < -0.4 is 0 Å². The zero-order valence-corrected chi connectivity index (χ0v) is 17.6. The van der Waals surface area contributed by atoms with Crippen LogP contribution in [0.3, 0.4) is 0 Å². The Bertz CT molecular complexity index is 770. The lowest BCUT2D eigenvalue weighted by Gasteiger charge is -2.31. The van der Waals surface area contributed by atoms with Crippen molar-refractivity contribution in [1.29, 1.82) is 0 Å². The van der Waals surface area contributed by atoms with E-state index in [0.29, 0.717) is 18.2 Å². The number of piperidine rings is 1. The number of amides is 1. The molecule has 3 rings (SSSR count). The minimum absolute atomic E-state index is 0.298. The van der Waals surface area contributed by atoms with Crippen LogP contribution in [-0.4, -0.2) is 56.8 Å². The lowest BCUT2D eigenvalue weighted by molar-refractivity contribution is -0.131. The number of rotatable bonds is 8. The van der Waals surface area contributed by atoms with Gasteiger partial charge in [-0.2, -0.15) is 5.10 Å². The topological polar surface area (TPSA) is 67.4 Å². The van der Waals surface area contributed by atoms with E-state index >= 15 is 0 Å². The molecule has 0 radical (unpaired) electrons. The van der Waals surface area contributed by atoms with Crippen LogP contribution in [0.15, 0.2) is 16.8 Å². The molecule has 1 aliphatic heterocycles. The second-order valence-electron chi connectivity index (χ2n) is 7.77. The first kappa shape index (κ1) is 20.6. The Balaban J connectivity index is 1.45. The van der Waals surface area contributed by atoms with Gasteiger partial charge in [0.05, 0.1) is 12.7 Å². The first-order valence-electron chi connectivity index (χ1n) is 10.5. The van der Waals surface area contributed by atoms with Gasteiger partial charge in [0.15, 0.2) is 5.76 Å². The first-order valence-corrected chi connectivity index (χ1v) is 10.5. The van der Waals surface area contributed by atoms with Crippen molar-refractivity contribution in [2.45, 2.75) is 53.0 Å². The average molecular weight is 388 g/mol. The van der Waals surface area contributed by atoms with Gasteiger partial charge >= 0.3 is 0 Å². The van der Waals surface area contributed by atoms with Gasteiger partial charge in [-0.1, -0.05) is 5.16 Å². The van der Waals surface area contributed by atoms with E-state index in [1.165, 1.54) is 0 Å². The number of likely N-dealkylation sites (tertiary alicyclic amines) is 1. The second kappa shape index (κ2) is 9.37. The Labute approximate surface area is 167 Å². The van der Waals surface area contributed by atoms with Crippen LogP contribution in [0.5, 0.6) is 0 Å². The highest BCUT2D eigenvalue weighted by molar-refractivity contribution is 5.76. The van der Waals surface area contributed by atoms with Crippen LogP contribution in [0.1, 0.15) is 51.0 Å². The minimum atomic E-state index is 0.298. The van der Waals surface area contributed by atoms with Gasteiger partial charge in [0.2, 0.25) is 5.91 Å². The van der Waals surface area contributed by atoms with Crippen molar-refractivity contribution in [3.63, 3.8) is 0 Å². The number of aromatic nitrogens is 3. The first-order chi connectivity index (χ1) is 13.5. The molecule has 2 aromatic heterocycles. The molecule has 2 aromatic rings. The zero-order chi connectivity index (χ0) is 20.1. The molecule has 1 saturated heterocycles. The van der Waals surface area contributed by atoms with Gasteiger partial charge in [-0.05, 0) is 59.0 Å². The fraction of sp³-hybridized carbons (Fsp3) is 0.667. The predicted octanol–water partition coefficient (Wildman–Crippen LogP) is 3.24. The number of hydrogen-bond acceptors (Lipinski definition) is 5. The third kappa shape index (κ3) is 4.82. The molecule has 7 heteroatoms. The van der Waals surface area contributed by atoms with Crippen molar-refractivity contribution in [2.24, 2.45) is 13.0 Å². The Morgan fingerprint density at radius 1 is 1.29 bits per heavy atom. The summed E-state index contributed by atoms with van der Waals surface area (Å²) in [5.74, 6) is 1.85. The highest BCUT2D eigenvalue weighted by Crippen LogP contribution is 2.26. The smallest absolute Gasteiger partial charge is 0.222 e. The van der Waals surface area contributed by atoms with E-state index < -0.39 is 0 Å². The second-order valence-corrected chi connectivity index (χ2v) is 7.77. The zero-order valence-electron chi connectivity index (χ0n) is 17.6. The van der Waals surface area contributed by atoms with Crippen LogP contribution in [0, 0.1) is 12.8 Å². The van der Waals surface area contributed by atoms with Gasteiger partial charge in [-0.25, -0.2) is 0 Å². The van der Waals surface area contributed by atoms with Crippen molar-refractivity contribution < 1.29 is 9.32 Å². The average Bonchev–Trinajstić information content (AvgIpc) is 3.29. The molecule has 0 aliphatic carbocycles. The van der Waals surface area contributed by atoms with Crippen LogP contribution in [0.4, 0.5) is 0 Å². The number of nitrogens with zero attached hydrogens (tertiary/aromatic N) is 5. The molecule has 3 heterocycles. The van der Waals surface area contributed by atoms with Gasteiger partial charge in [0.1, 0.15) is 5.69 Å². The highest BCUT2D eigenvalue weighted by atomic mass is 16.5. The van der Waals surface area contributed by atoms with Gasteiger partial charge in [-0.15, -0.1) is 0 Å². The summed E-state index contributed by atoms with van der Waals surface area (Å²) in [5.41, 5.74) is 2.96. The van der Waals surface area contributed by atoms with Gasteiger partial charge < -0.3 is 9.42 Å². The summed E-state index contributed by atoms with van der Waals surface area (Å²) in [7, 11) is 1.93. The standard InChI is InChI=1S/C21H33N5O2/c1-5-26(6-2)21(27)8-7-17-9-11-25(12-10-17)15-18-13-20(23-28-18)19-14-22-24(4)16(19)3/h13-14,17H,5-12,15H2,1-4H3. The molecule has 0 saturated carbocycles. The fourth-order valence-electron chi connectivity index (χ4n) is 3.98. The maximum atomic E-state index is 12.2. The SMILES string of the molecule is CCN(CC)C(=O)CCC1CCN(Cc2cc(-c3cnn(C)c3C)no2)CC1. The summed E-state index contributed by atoms with van der Waals surface area (Å²) >= 11 is 0. The molecule has 154 valence electrons. The van der Waals surface area contributed by atoms with Crippen molar-refractivity contribution in [3.8, 4) is 11.3 Å². The van der Waals surface area contributed by atoms with Crippen LogP contribution >= 0.6 is 0 Å². The molecule has 0 aromatic carbocycles. The number of aryl methyl sites for hydroxylation is 1.